The van der Waals surface area contributed by atoms with Gasteiger partial charge in [-0.25, -0.2) is 4.72 Å². The van der Waals surface area contributed by atoms with Crippen LogP contribution < -0.4 is 4.72 Å². The van der Waals surface area contributed by atoms with E-state index < -0.39 is 10.2 Å². The van der Waals surface area contributed by atoms with E-state index >= 15 is 0 Å². The Labute approximate surface area is 128 Å². The third-order valence-corrected chi connectivity index (χ3v) is 5.79. The van der Waals surface area contributed by atoms with E-state index in [1.807, 2.05) is 6.92 Å². The molecule has 1 unspecified atom stereocenters. The molecule has 0 amide bonds. The number of aryl methyl sites for hydroxylation is 2. The predicted molar refractivity (Wildman–Crippen MR) is 86.6 cm³/mol. The highest BCUT2D eigenvalue weighted by Crippen LogP contribution is 2.25. The van der Waals surface area contributed by atoms with Crippen LogP contribution in [0.15, 0.2) is 18.2 Å². The van der Waals surface area contributed by atoms with Crippen LogP contribution in [0.5, 0.6) is 0 Å². The van der Waals surface area contributed by atoms with Crippen molar-refractivity contribution < 1.29 is 8.42 Å². The summed E-state index contributed by atoms with van der Waals surface area (Å²) in [6.45, 7) is 7.29. The van der Waals surface area contributed by atoms with Crippen molar-refractivity contribution in [3.05, 3.63) is 34.9 Å². The van der Waals surface area contributed by atoms with Gasteiger partial charge in [-0.3, -0.25) is 0 Å². The zero-order valence-electron chi connectivity index (χ0n) is 13.2. The lowest BCUT2D eigenvalue weighted by Crippen LogP contribution is -2.44. The first-order valence-electron chi connectivity index (χ1n) is 7.76. The van der Waals surface area contributed by atoms with Gasteiger partial charge >= 0.3 is 0 Å². The maximum Gasteiger partial charge on any atom is 0.279 e. The van der Waals surface area contributed by atoms with Crippen molar-refractivity contribution in [3.8, 4) is 0 Å². The second-order valence-corrected chi connectivity index (χ2v) is 7.65. The quantitative estimate of drug-likeness (QED) is 0.878. The Bertz CT molecular complexity index is 584. The number of nitrogens with zero attached hydrogens (tertiary/aromatic N) is 1. The Morgan fingerprint density at radius 3 is 2.81 bits per heavy atom. The van der Waals surface area contributed by atoms with Gasteiger partial charge in [0.05, 0.1) is 0 Å². The average molecular weight is 310 g/mol. The summed E-state index contributed by atoms with van der Waals surface area (Å²) in [6.07, 6.45) is 3.51. The first-order valence-corrected chi connectivity index (χ1v) is 9.20. The summed E-state index contributed by atoms with van der Waals surface area (Å²) in [5.41, 5.74) is 3.73. The molecule has 0 aromatic heterocycles. The van der Waals surface area contributed by atoms with Crippen molar-refractivity contribution in [3.63, 3.8) is 0 Å². The molecule has 0 aliphatic carbocycles. The van der Waals surface area contributed by atoms with E-state index in [1.54, 1.807) is 4.31 Å². The zero-order chi connectivity index (χ0) is 15.5. The molecule has 118 valence electrons. The summed E-state index contributed by atoms with van der Waals surface area (Å²) < 4.78 is 29.1. The zero-order valence-corrected chi connectivity index (χ0v) is 14.0. The smallest absolute Gasteiger partial charge is 0.202 e. The van der Waals surface area contributed by atoms with Crippen molar-refractivity contribution in [1.29, 1.82) is 0 Å². The van der Waals surface area contributed by atoms with Gasteiger partial charge < -0.3 is 0 Å². The van der Waals surface area contributed by atoms with Crippen LogP contribution in [-0.4, -0.2) is 31.9 Å². The molecule has 1 atom stereocenters. The van der Waals surface area contributed by atoms with Crippen molar-refractivity contribution >= 4 is 10.2 Å². The van der Waals surface area contributed by atoms with Gasteiger partial charge in [0.15, 0.2) is 0 Å². The van der Waals surface area contributed by atoms with Crippen molar-refractivity contribution in [2.75, 3.05) is 13.1 Å². The lowest BCUT2D eigenvalue weighted by atomic mass is 9.98. The summed E-state index contributed by atoms with van der Waals surface area (Å²) in [5, 5.41) is 0. The monoisotopic (exact) mass is 310 g/mol. The van der Waals surface area contributed by atoms with Crippen LogP contribution >= 0.6 is 0 Å². The fourth-order valence-corrected chi connectivity index (χ4v) is 4.49. The van der Waals surface area contributed by atoms with Crippen LogP contribution in [0.4, 0.5) is 0 Å². The number of benzene rings is 1. The molecule has 1 aliphatic rings. The van der Waals surface area contributed by atoms with E-state index in [0.717, 1.165) is 25.7 Å². The normalized spacial score (nSPS) is 20.0. The molecule has 1 aromatic rings. The largest absolute Gasteiger partial charge is 0.279 e. The summed E-state index contributed by atoms with van der Waals surface area (Å²) in [4.78, 5) is 0. The molecule has 2 rings (SSSR count). The molecule has 21 heavy (non-hydrogen) atoms. The van der Waals surface area contributed by atoms with Gasteiger partial charge in [-0.1, -0.05) is 30.7 Å². The van der Waals surface area contributed by atoms with Gasteiger partial charge in [-0.2, -0.15) is 12.7 Å². The van der Waals surface area contributed by atoms with Gasteiger partial charge in [0.2, 0.25) is 0 Å². The highest BCUT2D eigenvalue weighted by atomic mass is 32.2. The van der Waals surface area contributed by atoms with E-state index in [0.29, 0.717) is 13.1 Å². The van der Waals surface area contributed by atoms with Crippen molar-refractivity contribution in [2.24, 2.45) is 0 Å². The van der Waals surface area contributed by atoms with E-state index in [9.17, 15) is 8.42 Å². The second-order valence-electron chi connectivity index (χ2n) is 5.94. The number of hydrogen-bond donors (Lipinski definition) is 1. The van der Waals surface area contributed by atoms with E-state index in [1.165, 1.54) is 16.7 Å². The highest BCUT2D eigenvalue weighted by molar-refractivity contribution is 7.87. The summed E-state index contributed by atoms with van der Waals surface area (Å²) in [5.74, 6) is 0. The third-order valence-electron chi connectivity index (χ3n) is 4.13. The molecule has 1 heterocycles. The first kappa shape index (κ1) is 16.5. The molecule has 0 spiro atoms. The first-order chi connectivity index (χ1) is 9.94. The average Bonchev–Trinajstić information content (AvgIpc) is 2.90. The molecule has 1 saturated heterocycles. The molecule has 5 heteroatoms. The molecule has 0 radical (unpaired) electrons. The van der Waals surface area contributed by atoms with Gasteiger partial charge in [-0.05, 0) is 50.7 Å². The van der Waals surface area contributed by atoms with E-state index in [4.69, 9.17) is 0 Å². The predicted octanol–water partition coefficient (Wildman–Crippen LogP) is 2.55. The van der Waals surface area contributed by atoms with Crippen LogP contribution in [0.2, 0.25) is 0 Å². The number of nitrogens with one attached hydrogen (secondary N) is 1. The summed E-state index contributed by atoms with van der Waals surface area (Å²) >= 11 is 0. The van der Waals surface area contributed by atoms with E-state index in [2.05, 4.69) is 36.8 Å². The van der Waals surface area contributed by atoms with Crippen LogP contribution in [0.3, 0.4) is 0 Å². The maximum absolute atomic E-state index is 12.4. The lowest BCUT2D eigenvalue weighted by molar-refractivity contribution is 0.378. The summed E-state index contributed by atoms with van der Waals surface area (Å²) in [6, 6.07) is 6.48. The highest BCUT2D eigenvalue weighted by Gasteiger charge is 2.33. The Morgan fingerprint density at radius 2 is 2.10 bits per heavy atom. The Balaban J connectivity index is 2.14. The molecule has 0 saturated carbocycles. The minimum atomic E-state index is -3.33. The Hall–Kier alpha value is -0.910. The van der Waals surface area contributed by atoms with Crippen molar-refractivity contribution in [2.45, 2.75) is 52.5 Å². The standard InChI is InChI=1S/C16H26N2O2S/c1-4-9-17-21(19,20)18-10-5-6-16(18)12-15-11-13(2)7-8-14(15)3/h7-8,11,16-17H,4-6,9-10,12H2,1-3H3. The maximum atomic E-state index is 12.4. The number of rotatable bonds is 6. The molecule has 1 fully saturated rings. The topological polar surface area (TPSA) is 49.4 Å². The van der Waals surface area contributed by atoms with Gasteiger partial charge in [-0.15, -0.1) is 0 Å². The SMILES string of the molecule is CCCNS(=O)(=O)N1CCCC1Cc1cc(C)ccc1C. The number of hydrogen-bond acceptors (Lipinski definition) is 2. The van der Waals surface area contributed by atoms with Crippen LogP contribution in [0.1, 0.15) is 42.9 Å². The van der Waals surface area contributed by atoms with Crippen LogP contribution in [-0.2, 0) is 16.6 Å². The van der Waals surface area contributed by atoms with Crippen LogP contribution in [0.25, 0.3) is 0 Å². The lowest BCUT2D eigenvalue weighted by Gasteiger charge is -2.25. The molecule has 1 aliphatic heterocycles. The fraction of sp³-hybridized carbons (Fsp3) is 0.625. The Kier molecular flexibility index (Phi) is 5.41. The minimum Gasteiger partial charge on any atom is -0.202 e. The van der Waals surface area contributed by atoms with Crippen molar-refractivity contribution in [1.82, 2.24) is 9.03 Å². The van der Waals surface area contributed by atoms with E-state index in [-0.39, 0.29) is 6.04 Å². The van der Waals surface area contributed by atoms with Gasteiger partial charge in [0, 0.05) is 19.1 Å². The second kappa shape index (κ2) is 6.90. The van der Waals surface area contributed by atoms with Gasteiger partial charge in [0.1, 0.15) is 0 Å². The third kappa shape index (κ3) is 4.05. The van der Waals surface area contributed by atoms with Crippen LogP contribution in [0, 0.1) is 13.8 Å². The minimum absolute atomic E-state index is 0.0832. The molecule has 1 N–H and O–H groups in total. The molecule has 4 nitrogen and oxygen atoms in total. The van der Waals surface area contributed by atoms with Gasteiger partial charge in [0.25, 0.3) is 10.2 Å². The molecular formula is C16H26N2O2S. The summed E-state index contributed by atoms with van der Waals surface area (Å²) in [7, 11) is -3.33. The molecule has 0 bridgehead atoms. The fourth-order valence-electron chi connectivity index (χ4n) is 2.92. The molecule has 1 aromatic carbocycles. The molecular weight excluding hydrogens is 284 g/mol. The Morgan fingerprint density at radius 1 is 1.33 bits per heavy atom.